The van der Waals surface area contributed by atoms with E-state index in [4.69, 9.17) is 9.15 Å². The number of fused-ring (bicyclic) bond motifs is 1. The molecule has 4 nitrogen and oxygen atoms in total. The number of benzene rings is 2. The highest BCUT2D eigenvalue weighted by Crippen LogP contribution is 2.26. The third-order valence-corrected chi connectivity index (χ3v) is 4.86. The van der Waals surface area contributed by atoms with Gasteiger partial charge in [0.15, 0.2) is 0 Å². The van der Waals surface area contributed by atoms with Crippen molar-refractivity contribution in [1.82, 2.24) is 5.32 Å². The minimum atomic E-state index is 0.0141. The van der Waals surface area contributed by atoms with Crippen LogP contribution in [0.5, 0.6) is 0 Å². The van der Waals surface area contributed by atoms with Gasteiger partial charge in [-0.05, 0) is 43.4 Å². The number of hydrogen-bond acceptors (Lipinski definition) is 3. The maximum atomic E-state index is 12.2. The summed E-state index contributed by atoms with van der Waals surface area (Å²) in [6.45, 7) is 6.09. The minimum absolute atomic E-state index is 0.0141. The lowest BCUT2D eigenvalue weighted by Gasteiger charge is -2.06. The summed E-state index contributed by atoms with van der Waals surface area (Å²) in [5.41, 5.74) is 5.42. The predicted molar refractivity (Wildman–Crippen MR) is 108 cm³/mol. The molecule has 1 aromatic heterocycles. The van der Waals surface area contributed by atoms with Crippen LogP contribution in [0.25, 0.3) is 11.0 Å². The smallest absolute Gasteiger partial charge is 0.224 e. The zero-order valence-corrected chi connectivity index (χ0v) is 16.1. The molecule has 2 aromatic carbocycles. The maximum absolute atomic E-state index is 12.2. The third kappa shape index (κ3) is 5.20. The van der Waals surface area contributed by atoms with E-state index in [-0.39, 0.29) is 5.91 Å². The van der Waals surface area contributed by atoms with Crippen LogP contribution in [-0.4, -0.2) is 25.7 Å². The first-order chi connectivity index (χ1) is 13.1. The zero-order valence-electron chi connectivity index (χ0n) is 16.1. The van der Waals surface area contributed by atoms with Crippen molar-refractivity contribution >= 4 is 16.9 Å². The summed E-state index contributed by atoms with van der Waals surface area (Å²) in [6, 6.07) is 14.4. The molecule has 0 aliphatic rings. The van der Waals surface area contributed by atoms with Crippen molar-refractivity contribution in [3.63, 3.8) is 0 Å². The van der Waals surface area contributed by atoms with Crippen LogP contribution >= 0.6 is 0 Å². The molecule has 0 aliphatic heterocycles. The number of furan rings is 1. The predicted octanol–water partition coefficient (Wildman–Crippen LogP) is 4.36. The normalized spacial score (nSPS) is 11.0. The van der Waals surface area contributed by atoms with Gasteiger partial charge in [-0.15, -0.1) is 0 Å². The fourth-order valence-electron chi connectivity index (χ4n) is 3.10. The van der Waals surface area contributed by atoms with E-state index in [9.17, 15) is 4.79 Å². The summed E-state index contributed by atoms with van der Waals surface area (Å²) in [4.78, 5) is 12.2. The van der Waals surface area contributed by atoms with E-state index in [1.165, 1.54) is 11.1 Å². The molecule has 0 spiro atoms. The fraction of sp³-hybridized carbons (Fsp3) is 0.348. The van der Waals surface area contributed by atoms with Crippen molar-refractivity contribution in [3.8, 4) is 0 Å². The van der Waals surface area contributed by atoms with Crippen molar-refractivity contribution in [2.45, 2.75) is 33.1 Å². The van der Waals surface area contributed by atoms with Gasteiger partial charge < -0.3 is 14.5 Å². The topological polar surface area (TPSA) is 51.5 Å². The Morgan fingerprint density at radius 2 is 1.89 bits per heavy atom. The molecule has 0 atom stereocenters. The Hall–Kier alpha value is -2.59. The first-order valence-electron chi connectivity index (χ1n) is 9.50. The van der Waals surface area contributed by atoms with Gasteiger partial charge in [0.05, 0.1) is 19.3 Å². The maximum Gasteiger partial charge on any atom is 0.224 e. The number of nitrogens with one attached hydrogen (secondary N) is 1. The second-order valence-electron chi connectivity index (χ2n) is 6.87. The number of carbonyl (C=O) groups is 1. The highest BCUT2D eigenvalue weighted by atomic mass is 16.5. The van der Waals surface area contributed by atoms with Gasteiger partial charge in [0.1, 0.15) is 5.58 Å². The van der Waals surface area contributed by atoms with Crippen LogP contribution < -0.4 is 5.32 Å². The average Bonchev–Trinajstić information content (AvgIpc) is 3.08. The van der Waals surface area contributed by atoms with E-state index in [1.54, 1.807) is 6.26 Å². The molecular weight excluding hydrogens is 338 g/mol. The van der Waals surface area contributed by atoms with E-state index in [2.05, 4.69) is 30.4 Å². The third-order valence-electron chi connectivity index (χ3n) is 4.86. The van der Waals surface area contributed by atoms with Crippen LogP contribution in [0.1, 0.15) is 28.7 Å². The SMILES string of the molecule is Cc1ccc2c(CC(=O)NCCCOCCc3ccccc3)coc2c1C. The van der Waals surface area contributed by atoms with Gasteiger partial charge in [0, 0.05) is 24.1 Å². The van der Waals surface area contributed by atoms with Gasteiger partial charge in [0.25, 0.3) is 0 Å². The number of amides is 1. The van der Waals surface area contributed by atoms with Gasteiger partial charge in [0.2, 0.25) is 5.91 Å². The number of aryl methyl sites for hydroxylation is 2. The summed E-state index contributed by atoms with van der Waals surface area (Å²) in [5.74, 6) is 0.0141. The number of ether oxygens (including phenoxy) is 1. The van der Waals surface area contributed by atoms with Crippen molar-refractivity contribution in [2.75, 3.05) is 19.8 Å². The second kappa shape index (κ2) is 9.38. The summed E-state index contributed by atoms with van der Waals surface area (Å²) in [7, 11) is 0. The van der Waals surface area contributed by atoms with Crippen molar-refractivity contribution in [1.29, 1.82) is 0 Å². The van der Waals surface area contributed by atoms with Gasteiger partial charge in [-0.3, -0.25) is 4.79 Å². The monoisotopic (exact) mass is 365 g/mol. The van der Waals surface area contributed by atoms with Crippen LogP contribution in [0.4, 0.5) is 0 Å². The summed E-state index contributed by atoms with van der Waals surface area (Å²) in [6.07, 6.45) is 3.76. The minimum Gasteiger partial charge on any atom is -0.464 e. The molecule has 1 amide bonds. The van der Waals surface area contributed by atoms with Gasteiger partial charge >= 0.3 is 0 Å². The molecule has 0 saturated heterocycles. The van der Waals surface area contributed by atoms with E-state index >= 15 is 0 Å². The van der Waals surface area contributed by atoms with Crippen molar-refractivity contribution in [3.05, 3.63) is 71.0 Å². The van der Waals surface area contributed by atoms with Crippen LogP contribution in [0, 0.1) is 13.8 Å². The molecule has 0 bridgehead atoms. The molecule has 0 radical (unpaired) electrons. The Balaban J connectivity index is 1.35. The lowest BCUT2D eigenvalue weighted by Crippen LogP contribution is -2.26. The number of carbonyl (C=O) groups excluding carboxylic acids is 1. The van der Waals surface area contributed by atoms with Crippen LogP contribution in [-0.2, 0) is 22.4 Å². The first kappa shape index (κ1) is 19.2. The van der Waals surface area contributed by atoms with Gasteiger partial charge in [-0.1, -0.05) is 42.5 Å². The quantitative estimate of drug-likeness (QED) is 0.573. The lowest BCUT2D eigenvalue weighted by atomic mass is 10.0. The Morgan fingerprint density at radius 3 is 2.70 bits per heavy atom. The molecule has 0 aliphatic carbocycles. The van der Waals surface area contributed by atoms with Crippen LogP contribution in [0.3, 0.4) is 0 Å². The number of rotatable bonds is 9. The summed E-state index contributed by atoms with van der Waals surface area (Å²) in [5, 5.41) is 3.99. The molecule has 1 heterocycles. The first-order valence-corrected chi connectivity index (χ1v) is 9.50. The van der Waals surface area contributed by atoms with Crippen LogP contribution in [0.2, 0.25) is 0 Å². The molecule has 3 rings (SSSR count). The fourth-order valence-corrected chi connectivity index (χ4v) is 3.10. The molecule has 4 heteroatoms. The standard InChI is InChI=1S/C23H27NO3/c1-17-9-10-21-20(16-27-23(21)18(17)2)15-22(25)24-12-6-13-26-14-11-19-7-4-3-5-8-19/h3-5,7-10,16H,6,11-15H2,1-2H3,(H,24,25). The molecular formula is C23H27NO3. The van der Waals surface area contributed by atoms with E-state index in [1.807, 2.05) is 31.2 Å². The van der Waals surface area contributed by atoms with E-state index < -0.39 is 0 Å². The Morgan fingerprint density at radius 1 is 1.07 bits per heavy atom. The molecule has 0 saturated carbocycles. The molecule has 0 unspecified atom stereocenters. The molecule has 3 aromatic rings. The number of hydrogen-bond donors (Lipinski definition) is 1. The summed E-state index contributed by atoms with van der Waals surface area (Å²) < 4.78 is 11.3. The summed E-state index contributed by atoms with van der Waals surface area (Å²) >= 11 is 0. The van der Waals surface area contributed by atoms with Crippen molar-refractivity contribution in [2.24, 2.45) is 0 Å². The molecule has 27 heavy (non-hydrogen) atoms. The Kier molecular flexibility index (Phi) is 6.66. The van der Waals surface area contributed by atoms with E-state index in [0.29, 0.717) is 26.2 Å². The van der Waals surface area contributed by atoms with Crippen molar-refractivity contribution < 1.29 is 13.9 Å². The van der Waals surface area contributed by atoms with Gasteiger partial charge in [-0.2, -0.15) is 0 Å². The van der Waals surface area contributed by atoms with E-state index in [0.717, 1.165) is 34.9 Å². The van der Waals surface area contributed by atoms with Gasteiger partial charge in [-0.25, -0.2) is 0 Å². The molecule has 0 fully saturated rings. The molecule has 142 valence electrons. The Labute approximate surface area is 160 Å². The second-order valence-corrected chi connectivity index (χ2v) is 6.87. The average molecular weight is 365 g/mol. The lowest BCUT2D eigenvalue weighted by molar-refractivity contribution is -0.120. The zero-order chi connectivity index (χ0) is 19.1. The van der Waals surface area contributed by atoms with Crippen LogP contribution in [0.15, 0.2) is 53.1 Å². The highest BCUT2D eigenvalue weighted by molar-refractivity contribution is 5.89. The Bertz CT molecular complexity index is 883. The molecule has 1 N–H and O–H groups in total. The largest absolute Gasteiger partial charge is 0.464 e. The highest BCUT2D eigenvalue weighted by Gasteiger charge is 2.12.